The quantitative estimate of drug-likeness (QED) is 0.485. The summed E-state index contributed by atoms with van der Waals surface area (Å²) in [6.07, 6.45) is 3.80. The van der Waals surface area contributed by atoms with E-state index < -0.39 is 13.5 Å². The molecule has 1 aliphatic carbocycles. The minimum Gasteiger partial charge on any atom is -0.477 e. The average molecular weight is 430 g/mol. The van der Waals surface area contributed by atoms with Gasteiger partial charge in [-0.2, -0.15) is 0 Å². The number of carbonyl (C=O) groups is 1. The zero-order valence-corrected chi connectivity index (χ0v) is 20.0. The smallest absolute Gasteiger partial charge is 0.348 e. The van der Waals surface area contributed by atoms with Crippen molar-refractivity contribution in [1.82, 2.24) is 0 Å². The Morgan fingerprint density at radius 1 is 1.32 bits per heavy atom. The van der Waals surface area contributed by atoms with Crippen molar-refractivity contribution >= 4 is 30.5 Å². The molecule has 2 rings (SSSR count). The van der Waals surface area contributed by atoms with Gasteiger partial charge in [0.25, 0.3) is 7.52 Å². The molecule has 0 spiro atoms. The molecule has 1 unspecified atom stereocenters. The molecule has 0 aliphatic heterocycles. The van der Waals surface area contributed by atoms with Crippen LogP contribution in [0, 0.1) is 5.92 Å². The third-order valence-electron chi connectivity index (χ3n) is 5.44. The van der Waals surface area contributed by atoms with Gasteiger partial charge in [-0.05, 0) is 63.9 Å². The Labute approximate surface area is 174 Å². The summed E-state index contributed by atoms with van der Waals surface area (Å²) in [6.45, 7) is 14.6. The van der Waals surface area contributed by atoms with E-state index in [2.05, 4.69) is 27.7 Å². The van der Waals surface area contributed by atoms with E-state index in [0.717, 1.165) is 30.6 Å². The molecule has 1 fully saturated rings. The van der Waals surface area contributed by atoms with E-state index in [1.54, 1.807) is 0 Å². The largest absolute Gasteiger partial charge is 0.477 e. The highest BCUT2D eigenvalue weighted by atomic mass is 32.1. The fourth-order valence-electron chi connectivity index (χ4n) is 3.92. The van der Waals surface area contributed by atoms with Crippen LogP contribution >= 0.6 is 18.9 Å². The van der Waals surface area contributed by atoms with Gasteiger partial charge < -0.3 is 9.63 Å². The van der Waals surface area contributed by atoms with E-state index in [-0.39, 0.29) is 22.0 Å². The van der Waals surface area contributed by atoms with Gasteiger partial charge in [0, 0.05) is 10.9 Å². The van der Waals surface area contributed by atoms with E-state index in [0.29, 0.717) is 18.2 Å². The summed E-state index contributed by atoms with van der Waals surface area (Å²) in [6, 6.07) is 1.79. The van der Waals surface area contributed by atoms with Gasteiger partial charge in [0.05, 0.1) is 18.0 Å². The van der Waals surface area contributed by atoms with E-state index in [1.807, 2.05) is 31.5 Å². The first-order valence-corrected chi connectivity index (χ1v) is 12.8. The predicted octanol–water partition coefficient (Wildman–Crippen LogP) is 6.77. The fourth-order valence-corrected chi connectivity index (χ4v) is 8.15. The van der Waals surface area contributed by atoms with Crippen molar-refractivity contribution in [2.75, 3.05) is 11.3 Å². The Kier molecular flexibility index (Phi) is 7.44. The minimum absolute atomic E-state index is 0.0503. The van der Waals surface area contributed by atoms with Crippen molar-refractivity contribution in [3.63, 3.8) is 0 Å². The monoisotopic (exact) mass is 429 g/mol. The number of aromatic carboxylic acids is 1. The van der Waals surface area contributed by atoms with E-state index >= 15 is 0 Å². The van der Waals surface area contributed by atoms with Crippen LogP contribution in [0.2, 0.25) is 0 Å². The number of nitrogens with zero attached hydrogens (tertiary/aromatic N) is 1. The number of carboxylic acids is 1. The standard InChI is InChI=1S/C21H36NO4PS/c1-8-26-27(25,16-11-9-15(4)10-12-16)22(14(2)3)17-13-18(21(5,6)7)28-19(17)20(23)24/h13-16H,8-12H2,1-7H3,(H,23,24). The Hall–Kier alpha value is -0.840. The van der Waals surface area contributed by atoms with Crippen LogP contribution in [0.5, 0.6) is 0 Å². The lowest BCUT2D eigenvalue weighted by atomic mass is 9.91. The van der Waals surface area contributed by atoms with Crippen molar-refractivity contribution in [3.8, 4) is 0 Å². The molecule has 28 heavy (non-hydrogen) atoms. The molecule has 5 nitrogen and oxygen atoms in total. The zero-order valence-electron chi connectivity index (χ0n) is 18.3. The van der Waals surface area contributed by atoms with E-state index in [9.17, 15) is 14.5 Å². The molecule has 0 bridgehead atoms. The van der Waals surface area contributed by atoms with Crippen LogP contribution < -0.4 is 4.67 Å². The molecule has 1 aliphatic rings. The molecule has 7 heteroatoms. The third-order valence-corrected chi connectivity index (χ3v) is 10.3. The summed E-state index contributed by atoms with van der Waals surface area (Å²) in [4.78, 5) is 13.3. The predicted molar refractivity (Wildman–Crippen MR) is 118 cm³/mol. The number of hydrogen-bond acceptors (Lipinski definition) is 4. The number of thiophene rings is 1. The number of anilines is 1. The molecule has 1 N–H and O–H groups in total. The Bertz CT molecular complexity index is 729. The highest BCUT2D eigenvalue weighted by Crippen LogP contribution is 2.63. The van der Waals surface area contributed by atoms with Gasteiger partial charge in [0.1, 0.15) is 4.88 Å². The molecule has 0 amide bonds. The summed E-state index contributed by atoms with van der Waals surface area (Å²) in [7, 11) is -3.24. The molecular formula is C21H36NO4PS. The van der Waals surface area contributed by atoms with E-state index in [1.165, 1.54) is 11.3 Å². The summed E-state index contributed by atoms with van der Waals surface area (Å²) < 4.78 is 22.2. The van der Waals surface area contributed by atoms with E-state index in [4.69, 9.17) is 4.52 Å². The second-order valence-corrected chi connectivity index (χ2v) is 12.8. The second-order valence-electron chi connectivity index (χ2n) is 9.21. The molecule has 1 saturated carbocycles. The normalized spacial score (nSPS) is 22.9. The SMILES string of the molecule is CCOP(=O)(C1CCC(C)CC1)N(c1cc(C(C)(C)C)sc1C(=O)O)C(C)C. The summed E-state index contributed by atoms with van der Waals surface area (Å²) in [5.74, 6) is -0.330. The lowest BCUT2D eigenvalue weighted by Crippen LogP contribution is -2.35. The van der Waals surface area contributed by atoms with Crippen molar-refractivity contribution in [2.45, 2.75) is 91.3 Å². The van der Waals surface area contributed by atoms with Crippen molar-refractivity contribution in [1.29, 1.82) is 0 Å². The Balaban J connectivity index is 2.60. The van der Waals surface area contributed by atoms with Crippen LogP contribution in [0.3, 0.4) is 0 Å². The maximum Gasteiger partial charge on any atom is 0.348 e. The third kappa shape index (κ3) is 4.83. The van der Waals surface area contributed by atoms with Crippen LogP contribution in [0.25, 0.3) is 0 Å². The topological polar surface area (TPSA) is 66.8 Å². The van der Waals surface area contributed by atoms with Crippen LogP contribution in [0.1, 0.15) is 88.7 Å². The molecule has 1 aromatic rings. The fraction of sp³-hybridized carbons (Fsp3) is 0.762. The first kappa shape index (κ1) is 23.4. The lowest BCUT2D eigenvalue weighted by Gasteiger charge is -2.41. The van der Waals surface area contributed by atoms with Crippen molar-refractivity contribution in [2.24, 2.45) is 5.92 Å². The molecule has 160 valence electrons. The van der Waals surface area contributed by atoms with Gasteiger partial charge in [0.2, 0.25) is 0 Å². The van der Waals surface area contributed by atoms with Gasteiger partial charge in [-0.25, -0.2) is 4.79 Å². The van der Waals surface area contributed by atoms with Crippen LogP contribution in [0.4, 0.5) is 5.69 Å². The van der Waals surface area contributed by atoms with Gasteiger partial charge in [-0.15, -0.1) is 11.3 Å². The van der Waals surface area contributed by atoms with Crippen LogP contribution in [-0.4, -0.2) is 29.4 Å². The maximum absolute atomic E-state index is 14.4. The molecule has 0 aromatic carbocycles. The summed E-state index contributed by atoms with van der Waals surface area (Å²) in [5, 5.41) is 9.87. The highest BCUT2D eigenvalue weighted by Gasteiger charge is 2.45. The molecular weight excluding hydrogens is 393 g/mol. The maximum atomic E-state index is 14.4. The first-order chi connectivity index (χ1) is 12.9. The van der Waals surface area contributed by atoms with Gasteiger partial charge in [0.15, 0.2) is 0 Å². The summed E-state index contributed by atoms with van der Waals surface area (Å²) in [5.41, 5.74) is 0.324. The van der Waals surface area contributed by atoms with Gasteiger partial charge in [-0.1, -0.05) is 27.7 Å². The first-order valence-electron chi connectivity index (χ1n) is 10.3. The number of carboxylic acid groups (broad SMARTS) is 1. The van der Waals surface area contributed by atoms with Crippen LogP contribution in [-0.2, 0) is 14.5 Å². The number of hydrogen-bond donors (Lipinski definition) is 1. The average Bonchev–Trinajstić information content (AvgIpc) is 3.00. The Morgan fingerprint density at radius 3 is 2.32 bits per heavy atom. The molecule has 1 aromatic heterocycles. The molecule has 0 radical (unpaired) electrons. The number of rotatable bonds is 7. The Morgan fingerprint density at radius 2 is 1.89 bits per heavy atom. The summed E-state index contributed by atoms with van der Waals surface area (Å²) >= 11 is 1.28. The zero-order chi connectivity index (χ0) is 21.3. The van der Waals surface area contributed by atoms with Crippen LogP contribution in [0.15, 0.2) is 6.07 Å². The van der Waals surface area contributed by atoms with Crippen molar-refractivity contribution < 1.29 is 19.0 Å². The van der Waals surface area contributed by atoms with Gasteiger partial charge >= 0.3 is 5.97 Å². The molecule has 1 atom stereocenters. The highest BCUT2D eigenvalue weighted by molar-refractivity contribution is 7.61. The molecule has 1 heterocycles. The lowest BCUT2D eigenvalue weighted by molar-refractivity contribution is 0.0703. The molecule has 0 saturated heterocycles. The van der Waals surface area contributed by atoms with Gasteiger partial charge in [-0.3, -0.25) is 9.24 Å². The minimum atomic E-state index is -3.24. The van der Waals surface area contributed by atoms with Crippen molar-refractivity contribution in [3.05, 3.63) is 15.8 Å². The second kappa shape index (κ2) is 8.89.